The molecule has 0 radical (unpaired) electrons. The van der Waals surface area contributed by atoms with Crippen molar-refractivity contribution in [2.75, 3.05) is 25.0 Å². The monoisotopic (exact) mass is 413 g/mol. The molecule has 156 valence electrons. The largest absolute Gasteiger partial charge is 0.309 e. The lowest BCUT2D eigenvalue weighted by molar-refractivity contribution is 0.102. The molecule has 7 heteroatoms. The topological polar surface area (TPSA) is 63.0 Å². The van der Waals surface area contributed by atoms with Gasteiger partial charge in [0.15, 0.2) is 0 Å². The van der Waals surface area contributed by atoms with Crippen LogP contribution in [0.3, 0.4) is 0 Å². The summed E-state index contributed by atoms with van der Waals surface area (Å²) in [6.07, 6.45) is 0.890. The first-order chi connectivity index (χ1) is 13.9. The van der Waals surface area contributed by atoms with Crippen LogP contribution in [-0.2, 0) is 13.0 Å². The molecule has 0 aliphatic carbocycles. The van der Waals surface area contributed by atoms with E-state index in [9.17, 15) is 4.79 Å². The van der Waals surface area contributed by atoms with Gasteiger partial charge >= 0.3 is 0 Å². The van der Waals surface area contributed by atoms with Crippen LogP contribution in [0, 0.1) is 12.8 Å². The van der Waals surface area contributed by atoms with Crippen LogP contribution in [0.1, 0.15) is 48.1 Å². The van der Waals surface area contributed by atoms with Gasteiger partial charge in [0.2, 0.25) is 5.95 Å². The molecule has 1 amide bonds. The maximum atomic E-state index is 13.0. The number of anilines is 1. The highest BCUT2D eigenvalue weighted by Crippen LogP contribution is 2.24. The third-order valence-corrected chi connectivity index (χ3v) is 6.22. The molecule has 0 unspecified atom stereocenters. The number of aryl methyl sites for hydroxylation is 1. The SMILES string of the molecule is CCN(CC)CCn1c(NC(=O)c2sc(CC(C)C)nc2C)nc2ccccc21. The summed E-state index contributed by atoms with van der Waals surface area (Å²) in [5.74, 6) is 0.983. The molecule has 3 rings (SSSR count). The number of nitrogens with one attached hydrogen (secondary N) is 1. The zero-order valence-corrected chi connectivity index (χ0v) is 18.8. The Morgan fingerprint density at radius 3 is 2.62 bits per heavy atom. The number of nitrogens with zero attached hydrogens (tertiary/aromatic N) is 4. The van der Waals surface area contributed by atoms with Crippen LogP contribution in [0.2, 0.25) is 0 Å². The molecule has 29 heavy (non-hydrogen) atoms. The van der Waals surface area contributed by atoms with Crippen molar-refractivity contribution in [3.8, 4) is 0 Å². The Balaban J connectivity index is 1.86. The number of carbonyl (C=O) groups excluding carboxylic acids is 1. The predicted molar refractivity (Wildman–Crippen MR) is 121 cm³/mol. The zero-order chi connectivity index (χ0) is 21.0. The molecule has 0 saturated carbocycles. The summed E-state index contributed by atoms with van der Waals surface area (Å²) in [6, 6.07) is 8.02. The van der Waals surface area contributed by atoms with Gasteiger partial charge in [-0.2, -0.15) is 0 Å². The number of imidazole rings is 1. The molecule has 0 aliphatic heterocycles. The van der Waals surface area contributed by atoms with Crippen molar-refractivity contribution in [2.45, 2.75) is 47.6 Å². The van der Waals surface area contributed by atoms with Gasteiger partial charge in [0.1, 0.15) is 4.88 Å². The van der Waals surface area contributed by atoms with Gasteiger partial charge in [0.05, 0.1) is 21.7 Å². The Kier molecular flexibility index (Phi) is 7.03. The van der Waals surface area contributed by atoms with Gasteiger partial charge in [-0.15, -0.1) is 11.3 Å². The van der Waals surface area contributed by atoms with E-state index in [0.717, 1.165) is 54.3 Å². The van der Waals surface area contributed by atoms with Gasteiger partial charge in [-0.3, -0.25) is 10.1 Å². The quantitative estimate of drug-likeness (QED) is 0.557. The molecule has 0 spiro atoms. The van der Waals surface area contributed by atoms with Gasteiger partial charge in [-0.1, -0.05) is 39.8 Å². The molecule has 0 saturated heterocycles. The average Bonchev–Trinajstić information content (AvgIpc) is 3.22. The van der Waals surface area contributed by atoms with Gasteiger partial charge < -0.3 is 9.47 Å². The normalized spacial score (nSPS) is 11.7. The van der Waals surface area contributed by atoms with Crippen LogP contribution < -0.4 is 5.32 Å². The van der Waals surface area contributed by atoms with Gasteiger partial charge in [0, 0.05) is 19.5 Å². The Hall–Kier alpha value is -2.25. The smallest absolute Gasteiger partial charge is 0.269 e. The molecule has 2 aromatic heterocycles. The van der Waals surface area contributed by atoms with Crippen LogP contribution in [0.25, 0.3) is 11.0 Å². The minimum absolute atomic E-state index is 0.130. The van der Waals surface area contributed by atoms with E-state index in [1.165, 1.54) is 11.3 Å². The highest BCUT2D eigenvalue weighted by Gasteiger charge is 2.19. The van der Waals surface area contributed by atoms with E-state index in [1.54, 1.807) is 0 Å². The van der Waals surface area contributed by atoms with Crippen LogP contribution >= 0.6 is 11.3 Å². The summed E-state index contributed by atoms with van der Waals surface area (Å²) in [5, 5.41) is 4.06. The number of para-hydroxylation sites is 2. The van der Waals surface area contributed by atoms with E-state index in [4.69, 9.17) is 0 Å². The van der Waals surface area contributed by atoms with Crippen molar-refractivity contribution in [3.63, 3.8) is 0 Å². The molecular formula is C22H31N5OS. The summed E-state index contributed by atoms with van der Waals surface area (Å²) < 4.78 is 2.11. The number of amides is 1. The molecule has 6 nitrogen and oxygen atoms in total. The number of aromatic nitrogens is 3. The minimum atomic E-state index is -0.130. The summed E-state index contributed by atoms with van der Waals surface area (Å²) in [6.45, 7) is 14.3. The van der Waals surface area contributed by atoms with E-state index in [-0.39, 0.29) is 5.91 Å². The van der Waals surface area contributed by atoms with Crippen molar-refractivity contribution in [1.29, 1.82) is 0 Å². The van der Waals surface area contributed by atoms with Crippen molar-refractivity contribution in [1.82, 2.24) is 19.4 Å². The standard InChI is InChI=1S/C22H31N5OS/c1-6-26(7-2)12-13-27-18-11-9-8-10-17(18)24-22(27)25-21(28)20-16(5)23-19(29-20)14-15(3)4/h8-11,15H,6-7,12-14H2,1-5H3,(H,24,25,28). The molecule has 0 aliphatic rings. The van der Waals surface area contributed by atoms with E-state index in [0.29, 0.717) is 16.7 Å². The lowest BCUT2D eigenvalue weighted by Gasteiger charge is -2.19. The van der Waals surface area contributed by atoms with Crippen molar-refractivity contribution in [2.24, 2.45) is 5.92 Å². The third kappa shape index (κ3) is 5.03. The number of hydrogen-bond acceptors (Lipinski definition) is 5. The molecule has 2 heterocycles. The van der Waals surface area contributed by atoms with Crippen LogP contribution in [-0.4, -0.2) is 45.0 Å². The summed E-state index contributed by atoms with van der Waals surface area (Å²) in [4.78, 5) is 25.3. The first kappa shape index (κ1) is 21.5. The van der Waals surface area contributed by atoms with Crippen molar-refractivity contribution >= 4 is 34.2 Å². The van der Waals surface area contributed by atoms with Gasteiger partial charge in [0.25, 0.3) is 5.91 Å². The van der Waals surface area contributed by atoms with Gasteiger partial charge in [-0.25, -0.2) is 9.97 Å². The van der Waals surface area contributed by atoms with Crippen molar-refractivity contribution in [3.05, 3.63) is 39.8 Å². The number of carbonyl (C=O) groups is 1. The maximum absolute atomic E-state index is 13.0. The summed E-state index contributed by atoms with van der Waals surface area (Å²) >= 11 is 1.49. The number of thiazole rings is 1. The molecular weight excluding hydrogens is 382 g/mol. The fourth-order valence-electron chi connectivity index (χ4n) is 3.44. The number of fused-ring (bicyclic) bond motifs is 1. The molecule has 1 aromatic carbocycles. The first-order valence-corrected chi connectivity index (χ1v) is 11.2. The maximum Gasteiger partial charge on any atom is 0.269 e. The van der Waals surface area contributed by atoms with E-state index < -0.39 is 0 Å². The Morgan fingerprint density at radius 2 is 1.93 bits per heavy atom. The lowest BCUT2D eigenvalue weighted by Crippen LogP contribution is -2.27. The van der Waals surface area contributed by atoms with Crippen LogP contribution in [0.5, 0.6) is 0 Å². The predicted octanol–water partition coefficient (Wildman–Crippen LogP) is 4.59. The van der Waals surface area contributed by atoms with Crippen LogP contribution in [0.4, 0.5) is 5.95 Å². The Bertz CT molecular complexity index is 971. The molecule has 0 fully saturated rings. The highest BCUT2D eigenvalue weighted by molar-refractivity contribution is 7.13. The van der Waals surface area contributed by atoms with Gasteiger partial charge in [-0.05, 0) is 38.1 Å². The number of rotatable bonds is 9. The van der Waals surface area contributed by atoms with Crippen LogP contribution in [0.15, 0.2) is 24.3 Å². The number of hydrogen-bond donors (Lipinski definition) is 1. The van der Waals surface area contributed by atoms with E-state index in [1.807, 2.05) is 25.1 Å². The molecule has 1 N–H and O–H groups in total. The molecule has 0 atom stereocenters. The second-order valence-electron chi connectivity index (χ2n) is 7.68. The number of likely N-dealkylation sites (N-methyl/N-ethyl adjacent to an activating group) is 1. The summed E-state index contributed by atoms with van der Waals surface area (Å²) in [7, 11) is 0. The van der Waals surface area contributed by atoms with E-state index >= 15 is 0 Å². The fourth-order valence-corrected chi connectivity index (χ4v) is 4.61. The Labute approximate surface area is 177 Å². The average molecular weight is 414 g/mol. The summed E-state index contributed by atoms with van der Waals surface area (Å²) in [5.41, 5.74) is 2.72. The third-order valence-electron chi connectivity index (χ3n) is 5.04. The highest BCUT2D eigenvalue weighted by atomic mass is 32.1. The van der Waals surface area contributed by atoms with Crippen molar-refractivity contribution < 1.29 is 4.79 Å². The number of benzene rings is 1. The Morgan fingerprint density at radius 1 is 1.21 bits per heavy atom. The fraction of sp³-hybridized carbons (Fsp3) is 0.500. The van der Waals surface area contributed by atoms with E-state index in [2.05, 4.69) is 58.5 Å². The first-order valence-electron chi connectivity index (χ1n) is 10.4. The zero-order valence-electron chi connectivity index (χ0n) is 18.0. The second kappa shape index (κ2) is 9.50. The molecule has 3 aromatic rings. The minimum Gasteiger partial charge on any atom is -0.309 e. The molecule has 0 bridgehead atoms. The second-order valence-corrected chi connectivity index (χ2v) is 8.76. The lowest BCUT2D eigenvalue weighted by atomic mass is 10.1.